The van der Waals surface area contributed by atoms with Crippen molar-refractivity contribution in [2.75, 3.05) is 12.3 Å². The summed E-state index contributed by atoms with van der Waals surface area (Å²) in [5, 5.41) is 3.25. The van der Waals surface area contributed by atoms with Gasteiger partial charge in [0.2, 0.25) is 0 Å². The van der Waals surface area contributed by atoms with Crippen molar-refractivity contribution in [1.82, 2.24) is 10.3 Å². The minimum absolute atomic E-state index is 0.214. The Morgan fingerprint density at radius 3 is 2.79 bits per heavy atom. The van der Waals surface area contributed by atoms with Gasteiger partial charge in [0.1, 0.15) is 11.5 Å². The molecule has 19 heavy (non-hydrogen) atoms. The fourth-order valence-electron chi connectivity index (χ4n) is 2.47. The van der Waals surface area contributed by atoms with E-state index in [1.54, 1.807) is 12.1 Å². The molecule has 1 aromatic heterocycles. The van der Waals surface area contributed by atoms with Gasteiger partial charge >= 0.3 is 0 Å². The maximum absolute atomic E-state index is 12.0. The zero-order chi connectivity index (χ0) is 13.8. The summed E-state index contributed by atoms with van der Waals surface area (Å²) >= 11 is 5.95. The Morgan fingerprint density at radius 1 is 1.42 bits per heavy atom. The van der Waals surface area contributed by atoms with E-state index in [9.17, 15) is 4.79 Å². The van der Waals surface area contributed by atoms with E-state index in [-0.39, 0.29) is 11.6 Å². The van der Waals surface area contributed by atoms with Gasteiger partial charge in [0, 0.05) is 6.54 Å². The van der Waals surface area contributed by atoms with Crippen LogP contribution in [0.1, 0.15) is 43.1 Å². The van der Waals surface area contributed by atoms with E-state index in [1.807, 2.05) is 0 Å². The number of hydrogen-bond donors (Lipinski definition) is 2. The van der Waals surface area contributed by atoms with Crippen LogP contribution in [0.3, 0.4) is 0 Å². The molecule has 3 N–H and O–H groups in total. The van der Waals surface area contributed by atoms with Crippen LogP contribution < -0.4 is 11.1 Å². The molecular weight excluding hydrogens is 262 g/mol. The maximum Gasteiger partial charge on any atom is 0.271 e. The van der Waals surface area contributed by atoms with E-state index in [1.165, 1.54) is 25.7 Å². The number of nitrogens with zero attached hydrogens (tertiary/aromatic N) is 1. The number of hydrogen-bond acceptors (Lipinski definition) is 3. The summed E-state index contributed by atoms with van der Waals surface area (Å²) in [6.45, 7) is 2.98. The molecule has 0 unspecified atom stereocenters. The van der Waals surface area contributed by atoms with Crippen LogP contribution in [-0.4, -0.2) is 17.4 Å². The normalized spacial score (nSPS) is 23.1. The van der Waals surface area contributed by atoms with Crippen LogP contribution in [-0.2, 0) is 0 Å². The lowest BCUT2D eigenvalue weighted by atomic mass is 9.83. The fraction of sp³-hybridized carbons (Fsp3) is 0.571. The number of amides is 1. The van der Waals surface area contributed by atoms with Crippen molar-refractivity contribution in [1.29, 1.82) is 0 Å². The van der Waals surface area contributed by atoms with Crippen molar-refractivity contribution in [3.63, 3.8) is 0 Å². The molecule has 0 saturated heterocycles. The maximum atomic E-state index is 12.0. The number of anilines is 1. The van der Waals surface area contributed by atoms with Crippen molar-refractivity contribution < 1.29 is 4.79 Å². The lowest BCUT2D eigenvalue weighted by Crippen LogP contribution is -2.31. The molecule has 5 heteroatoms. The molecule has 1 heterocycles. The molecule has 1 saturated carbocycles. The van der Waals surface area contributed by atoms with Gasteiger partial charge in [0.25, 0.3) is 5.91 Å². The Balaban J connectivity index is 1.89. The molecule has 0 aliphatic heterocycles. The highest BCUT2D eigenvalue weighted by Gasteiger charge is 2.20. The molecule has 0 spiro atoms. The summed E-state index contributed by atoms with van der Waals surface area (Å²) in [6, 6.07) is 3.18. The average molecular weight is 282 g/mol. The Morgan fingerprint density at radius 2 is 2.11 bits per heavy atom. The van der Waals surface area contributed by atoms with Gasteiger partial charge in [-0.1, -0.05) is 31.4 Å². The molecule has 0 aromatic carbocycles. The molecule has 104 valence electrons. The number of nitrogens with one attached hydrogen (secondary N) is 1. The van der Waals surface area contributed by atoms with Gasteiger partial charge in [-0.3, -0.25) is 4.79 Å². The van der Waals surface area contributed by atoms with E-state index in [2.05, 4.69) is 17.2 Å². The first-order chi connectivity index (χ1) is 9.06. The van der Waals surface area contributed by atoms with Gasteiger partial charge in [0.15, 0.2) is 0 Å². The predicted octanol–water partition coefficient (Wildman–Crippen LogP) is 2.87. The predicted molar refractivity (Wildman–Crippen MR) is 77.1 cm³/mol. The molecule has 1 fully saturated rings. The lowest BCUT2D eigenvalue weighted by Gasteiger charge is -2.26. The molecule has 1 amide bonds. The average Bonchev–Trinajstić information content (AvgIpc) is 2.40. The minimum Gasteiger partial charge on any atom is -0.384 e. The van der Waals surface area contributed by atoms with Crippen LogP contribution >= 0.6 is 11.6 Å². The molecule has 4 nitrogen and oxygen atoms in total. The SMILES string of the molecule is CC1CCC(CNC(=O)c2nc(N)ccc2Cl)CC1. The molecule has 0 atom stereocenters. The molecule has 1 aromatic rings. The van der Waals surface area contributed by atoms with Gasteiger partial charge < -0.3 is 11.1 Å². The van der Waals surface area contributed by atoms with Crippen molar-refractivity contribution >= 4 is 23.3 Å². The van der Waals surface area contributed by atoms with Gasteiger partial charge in [-0.2, -0.15) is 0 Å². The minimum atomic E-state index is -0.240. The second-order valence-electron chi connectivity index (χ2n) is 5.40. The summed E-state index contributed by atoms with van der Waals surface area (Å²) in [5.74, 6) is 1.45. The van der Waals surface area contributed by atoms with E-state index in [4.69, 9.17) is 17.3 Å². The summed E-state index contributed by atoms with van der Waals surface area (Å²) in [7, 11) is 0. The Kier molecular flexibility index (Phi) is 4.64. The van der Waals surface area contributed by atoms with Crippen molar-refractivity contribution in [3.8, 4) is 0 Å². The molecule has 2 rings (SSSR count). The van der Waals surface area contributed by atoms with E-state index < -0.39 is 0 Å². The van der Waals surface area contributed by atoms with Crippen LogP contribution in [0, 0.1) is 11.8 Å². The number of nitrogens with two attached hydrogens (primary N) is 1. The summed E-state index contributed by atoms with van der Waals surface area (Å²) in [5.41, 5.74) is 5.78. The Hall–Kier alpha value is -1.29. The first-order valence-corrected chi connectivity index (χ1v) is 7.14. The van der Waals surface area contributed by atoms with Crippen LogP contribution in [0.5, 0.6) is 0 Å². The standard InChI is InChI=1S/C14H20ClN3O/c1-9-2-4-10(5-3-9)8-17-14(19)13-11(15)6-7-12(16)18-13/h6-7,9-10H,2-5,8H2,1H3,(H2,16,18)(H,17,19). The lowest BCUT2D eigenvalue weighted by molar-refractivity contribution is 0.0937. The number of halogens is 1. The number of aromatic nitrogens is 1. The number of rotatable bonds is 3. The van der Waals surface area contributed by atoms with E-state index >= 15 is 0 Å². The topological polar surface area (TPSA) is 68.0 Å². The Bertz CT molecular complexity index is 456. The van der Waals surface area contributed by atoms with Crippen LogP contribution in [0.15, 0.2) is 12.1 Å². The second kappa shape index (κ2) is 6.24. The first-order valence-electron chi connectivity index (χ1n) is 6.76. The molecule has 0 bridgehead atoms. The molecule has 1 aliphatic carbocycles. The molecule has 1 aliphatic rings. The Labute approximate surface area is 118 Å². The number of nitrogen functional groups attached to an aromatic ring is 1. The quantitative estimate of drug-likeness (QED) is 0.895. The highest BCUT2D eigenvalue weighted by molar-refractivity contribution is 6.33. The van der Waals surface area contributed by atoms with Gasteiger partial charge in [-0.05, 0) is 36.8 Å². The summed E-state index contributed by atoms with van der Waals surface area (Å²) in [6.07, 6.45) is 4.86. The van der Waals surface area contributed by atoms with E-state index in [0.717, 1.165) is 5.92 Å². The van der Waals surface area contributed by atoms with Crippen LogP contribution in [0.2, 0.25) is 5.02 Å². The van der Waals surface area contributed by atoms with Crippen molar-refractivity contribution in [2.24, 2.45) is 11.8 Å². The van der Waals surface area contributed by atoms with Crippen LogP contribution in [0.4, 0.5) is 5.82 Å². The zero-order valence-electron chi connectivity index (χ0n) is 11.2. The first kappa shape index (κ1) is 14.1. The smallest absolute Gasteiger partial charge is 0.271 e. The fourth-order valence-corrected chi connectivity index (χ4v) is 2.66. The van der Waals surface area contributed by atoms with Gasteiger partial charge in [-0.15, -0.1) is 0 Å². The molecule has 0 radical (unpaired) electrons. The third-order valence-corrected chi connectivity index (χ3v) is 4.07. The van der Waals surface area contributed by atoms with Gasteiger partial charge in [-0.25, -0.2) is 4.98 Å². The second-order valence-corrected chi connectivity index (χ2v) is 5.81. The third kappa shape index (κ3) is 3.83. The third-order valence-electron chi connectivity index (χ3n) is 3.77. The number of pyridine rings is 1. The van der Waals surface area contributed by atoms with Crippen molar-refractivity contribution in [3.05, 3.63) is 22.8 Å². The number of carbonyl (C=O) groups excluding carboxylic acids is 1. The molecular formula is C14H20ClN3O. The largest absolute Gasteiger partial charge is 0.384 e. The van der Waals surface area contributed by atoms with Crippen LogP contribution in [0.25, 0.3) is 0 Å². The zero-order valence-corrected chi connectivity index (χ0v) is 11.9. The monoisotopic (exact) mass is 281 g/mol. The highest BCUT2D eigenvalue weighted by Crippen LogP contribution is 2.27. The number of carbonyl (C=O) groups is 1. The summed E-state index contributed by atoms with van der Waals surface area (Å²) < 4.78 is 0. The van der Waals surface area contributed by atoms with Gasteiger partial charge in [0.05, 0.1) is 5.02 Å². The summed E-state index contributed by atoms with van der Waals surface area (Å²) in [4.78, 5) is 16.0. The highest BCUT2D eigenvalue weighted by atomic mass is 35.5. The van der Waals surface area contributed by atoms with E-state index in [0.29, 0.717) is 23.3 Å². The van der Waals surface area contributed by atoms with Crippen molar-refractivity contribution in [2.45, 2.75) is 32.6 Å².